The normalized spacial score (nSPS) is 23.9. The van der Waals surface area contributed by atoms with Crippen LogP contribution in [0.4, 0.5) is 0 Å². The number of esters is 1. The summed E-state index contributed by atoms with van der Waals surface area (Å²) in [5.41, 5.74) is 0. The summed E-state index contributed by atoms with van der Waals surface area (Å²) in [5, 5.41) is 0. The highest BCUT2D eigenvalue weighted by atomic mass is 16.5. The van der Waals surface area contributed by atoms with Crippen LogP contribution in [0.5, 0.6) is 0 Å². The number of likely N-dealkylation sites (tertiary alicyclic amines) is 2. The van der Waals surface area contributed by atoms with Gasteiger partial charge in [-0.15, -0.1) is 0 Å². The summed E-state index contributed by atoms with van der Waals surface area (Å²) in [4.78, 5) is 27.8. The first-order valence-corrected chi connectivity index (χ1v) is 7.88. The van der Waals surface area contributed by atoms with E-state index in [1.807, 2.05) is 4.90 Å². The first-order valence-electron chi connectivity index (χ1n) is 7.88. The lowest BCUT2D eigenvalue weighted by Crippen LogP contribution is -2.41. The lowest BCUT2D eigenvalue weighted by molar-refractivity contribution is -0.145. The highest BCUT2D eigenvalue weighted by Crippen LogP contribution is 2.20. The van der Waals surface area contributed by atoms with Crippen LogP contribution < -0.4 is 0 Å². The Labute approximate surface area is 121 Å². The molecule has 2 fully saturated rings. The summed E-state index contributed by atoms with van der Waals surface area (Å²) in [6.45, 7) is 6.19. The topological polar surface area (TPSA) is 49.9 Å². The van der Waals surface area contributed by atoms with E-state index in [1.165, 1.54) is 32.4 Å². The molecule has 2 aliphatic heterocycles. The molecule has 114 valence electrons. The van der Waals surface area contributed by atoms with Gasteiger partial charge < -0.3 is 9.64 Å². The summed E-state index contributed by atoms with van der Waals surface area (Å²) < 4.78 is 4.85. The quantitative estimate of drug-likeness (QED) is 0.716. The molecule has 20 heavy (non-hydrogen) atoms. The Kier molecular flexibility index (Phi) is 5.83. The second-order valence-corrected chi connectivity index (χ2v) is 5.68. The van der Waals surface area contributed by atoms with Crippen LogP contribution in [0.1, 0.15) is 45.4 Å². The Balaban J connectivity index is 1.71. The zero-order valence-electron chi connectivity index (χ0n) is 12.5. The summed E-state index contributed by atoms with van der Waals surface area (Å²) >= 11 is 0. The van der Waals surface area contributed by atoms with E-state index >= 15 is 0 Å². The molecule has 0 aromatic carbocycles. The first-order chi connectivity index (χ1) is 9.70. The third-order valence-corrected chi connectivity index (χ3v) is 4.27. The number of carbonyl (C=O) groups excluding carboxylic acids is 2. The predicted octanol–water partition coefficient (Wildman–Crippen LogP) is 1.42. The van der Waals surface area contributed by atoms with E-state index in [2.05, 4.69) is 4.90 Å². The minimum Gasteiger partial charge on any atom is -0.466 e. The van der Waals surface area contributed by atoms with Crippen molar-refractivity contribution >= 4 is 11.9 Å². The molecule has 5 heteroatoms. The van der Waals surface area contributed by atoms with Gasteiger partial charge in [0.25, 0.3) is 0 Å². The summed E-state index contributed by atoms with van der Waals surface area (Å²) in [7, 11) is 0. The van der Waals surface area contributed by atoms with Crippen molar-refractivity contribution in [2.75, 3.05) is 32.8 Å². The van der Waals surface area contributed by atoms with Crippen LogP contribution in [-0.2, 0) is 14.3 Å². The Morgan fingerprint density at radius 1 is 1.10 bits per heavy atom. The SMILES string of the molecule is CCOC(=O)CCC(=O)N1CCC(N2CCCCC2)C1. The van der Waals surface area contributed by atoms with Crippen molar-refractivity contribution in [2.45, 2.75) is 51.5 Å². The maximum Gasteiger partial charge on any atom is 0.306 e. The monoisotopic (exact) mass is 282 g/mol. The van der Waals surface area contributed by atoms with Crippen molar-refractivity contribution in [3.8, 4) is 0 Å². The molecule has 0 aliphatic carbocycles. The van der Waals surface area contributed by atoms with E-state index in [4.69, 9.17) is 4.74 Å². The lowest BCUT2D eigenvalue weighted by atomic mass is 10.1. The maximum atomic E-state index is 12.1. The number of nitrogens with zero attached hydrogens (tertiary/aromatic N) is 2. The van der Waals surface area contributed by atoms with Crippen LogP contribution in [0.2, 0.25) is 0 Å². The number of piperidine rings is 1. The average Bonchev–Trinajstić information content (AvgIpc) is 2.96. The molecule has 2 heterocycles. The van der Waals surface area contributed by atoms with Crippen molar-refractivity contribution in [3.05, 3.63) is 0 Å². The highest BCUT2D eigenvalue weighted by molar-refractivity contribution is 5.81. The molecule has 1 unspecified atom stereocenters. The minimum absolute atomic E-state index is 0.0950. The molecule has 0 N–H and O–H groups in total. The van der Waals surface area contributed by atoms with Gasteiger partial charge in [0.15, 0.2) is 0 Å². The van der Waals surface area contributed by atoms with E-state index in [9.17, 15) is 9.59 Å². The lowest BCUT2D eigenvalue weighted by Gasteiger charge is -2.32. The second-order valence-electron chi connectivity index (χ2n) is 5.68. The zero-order valence-corrected chi connectivity index (χ0v) is 12.5. The maximum absolute atomic E-state index is 12.1. The third-order valence-electron chi connectivity index (χ3n) is 4.27. The van der Waals surface area contributed by atoms with Gasteiger partial charge in [0.2, 0.25) is 5.91 Å². The van der Waals surface area contributed by atoms with Gasteiger partial charge in [-0.05, 0) is 39.3 Å². The van der Waals surface area contributed by atoms with Gasteiger partial charge in [0, 0.05) is 25.6 Å². The molecule has 0 bridgehead atoms. The first kappa shape index (κ1) is 15.3. The molecule has 2 rings (SSSR count). The number of hydrogen-bond acceptors (Lipinski definition) is 4. The summed E-state index contributed by atoms with van der Waals surface area (Å²) in [6, 6.07) is 0.529. The third kappa shape index (κ3) is 4.20. The van der Waals surface area contributed by atoms with E-state index in [-0.39, 0.29) is 24.7 Å². The van der Waals surface area contributed by atoms with Gasteiger partial charge in [-0.2, -0.15) is 0 Å². The van der Waals surface area contributed by atoms with Crippen LogP contribution in [0, 0.1) is 0 Å². The molecule has 0 saturated carbocycles. The highest BCUT2D eigenvalue weighted by Gasteiger charge is 2.30. The van der Waals surface area contributed by atoms with Gasteiger partial charge in [0.05, 0.1) is 13.0 Å². The van der Waals surface area contributed by atoms with Crippen LogP contribution in [0.15, 0.2) is 0 Å². The van der Waals surface area contributed by atoms with Crippen LogP contribution in [-0.4, -0.2) is 60.5 Å². The molecule has 0 spiro atoms. The van der Waals surface area contributed by atoms with E-state index in [0.29, 0.717) is 12.6 Å². The second kappa shape index (κ2) is 7.62. The fraction of sp³-hybridized carbons (Fsp3) is 0.867. The Bertz CT molecular complexity index is 340. The molecule has 0 radical (unpaired) electrons. The van der Waals surface area contributed by atoms with Crippen molar-refractivity contribution in [1.82, 2.24) is 9.80 Å². The van der Waals surface area contributed by atoms with E-state index in [1.54, 1.807) is 6.92 Å². The van der Waals surface area contributed by atoms with Crippen LogP contribution in [0.3, 0.4) is 0 Å². The Morgan fingerprint density at radius 2 is 1.85 bits per heavy atom. The van der Waals surface area contributed by atoms with Crippen LogP contribution >= 0.6 is 0 Å². The van der Waals surface area contributed by atoms with Crippen LogP contribution in [0.25, 0.3) is 0 Å². The predicted molar refractivity (Wildman–Crippen MR) is 76.3 cm³/mol. The van der Waals surface area contributed by atoms with E-state index in [0.717, 1.165) is 19.5 Å². The fourth-order valence-corrected chi connectivity index (χ4v) is 3.15. The van der Waals surface area contributed by atoms with Crippen molar-refractivity contribution in [3.63, 3.8) is 0 Å². The molecular weight excluding hydrogens is 256 g/mol. The number of carbonyl (C=O) groups is 2. The smallest absolute Gasteiger partial charge is 0.306 e. The van der Waals surface area contributed by atoms with E-state index < -0.39 is 0 Å². The average molecular weight is 282 g/mol. The van der Waals surface area contributed by atoms with Crippen molar-refractivity contribution in [2.24, 2.45) is 0 Å². The van der Waals surface area contributed by atoms with Gasteiger partial charge >= 0.3 is 5.97 Å². The molecule has 0 aromatic rings. The van der Waals surface area contributed by atoms with Crippen molar-refractivity contribution < 1.29 is 14.3 Å². The largest absolute Gasteiger partial charge is 0.466 e. The fourth-order valence-electron chi connectivity index (χ4n) is 3.15. The Morgan fingerprint density at radius 3 is 2.55 bits per heavy atom. The van der Waals surface area contributed by atoms with Gasteiger partial charge in [-0.3, -0.25) is 14.5 Å². The number of amides is 1. The standard InChI is InChI=1S/C15H26N2O3/c1-2-20-15(19)7-6-14(18)17-11-8-13(12-17)16-9-4-3-5-10-16/h13H,2-12H2,1H3. The number of rotatable bonds is 5. The molecule has 2 aliphatic rings. The van der Waals surface area contributed by atoms with Gasteiger partial charge in [-0.1, -0.05) is 6.42 Å². The van der Waals surface area contributed by atoms with Crippen molar-refractivity contribution in [1.29, 1.82) is 0 Å². The summed E-state index contributed by atoms with van der Waals surface area (Å²) in [6.07, 6.45) is 5.47. The molecular formula is C15H26N2O3. The number of ether oxygens (including phenoxy) is 1. The summed E-state index contributed by atoms with van der Waals surface area (Å²) in [5.74, 6) is -0.176. The minimum atomic E-state index is -0.271. The van der Waals surface area contributed by atoms with Gasteiger partial charge in [-0.25, -0.2) is 0 Å². The van der Waals surface area contributed by atoms with Gasteiger partial charge in [0.1, 0.15) is 0 Å². The molecule has 5 nitrogen and oxygen atoms in total. The molecule has 2 saturated heterocycles. The number of hydrogen-bond donors (Lipinski definition) is 0. The molecule has 1 atom stereocenters. The molecule has 0 aromatic heterocycles. The molecule has 1 amide bonds. The Hall–Kier alpha value is -1.10. The zero-order chi connectivity index (χ0) is 14.4.